The van der Waals surface area contributed by atoms with Gasteiger partial charge in [-0.3, -0.25) is 18.5 Å². The Labute approximate surface area is 141 Å². The second-order valence-corrected chi connectivity index (χ2v) is 5.77. The number of imidazole rings is 2. The normalized spacial score (nSPS) is 12.8. The summed E-state index contributed by atoms with van der Waals surface area (Å²) in [5.74, 6) is 0.0111. The lowest BCUT2D eigenvalue weighted by Crippen LogP contribution is -3.00. The lowest BCUT2D eigenvalue weighted by Gasteiger charge is -2.12. The highest BCUT2D eigenvalue weighted by atomic mass is 16.8. The molecule has 0 aliphatic heterocycles. The molecule has 1 atom stereocenters. The van der Waals surface area contributed by atoms with Gasteiger partial charge in [0.2, 0.25) is 0 Å². The smallest absolute Gasteiger partial charge is 0.340 e. The van der Waals surface area contributed by atoms with Crippen LogP contribution in [0.3, 0.4) is 0 Å². The maximum Gasteiger partial charge on any atom is 0.340 e. The Morgan fingerprint density at radius 1 is 1.12 bits per heavy atom. The molecule has 134 valence electrons. The maximum atomic E-state index is 12.3. The molecule has 3 aromatic rings. The summed E-state index contributed by atoms with van der Waals surface area (Å²) < 4.78 is 5.71. The van der Waals surface area contributed by atoms with Crippen LogP contribution in [0.1, 0.15) is 12.8 Å². The first-order valence-electron chi connectivity index (χ1n) is 7.77. The van der Waals surface area contributed by atoms with Crippen molar-refractivity contribution in [2.45, 2.75) is 25.9 Å². The summed E-state index contributed by atoms with van der Waals surface area (Å²) in [7, 11) is 3.02. The van der Waals surface area contributed by atoms with E-state index in [4.69, 9.17) is 5.21 Å². The van der Waals surface area contributed by atoms with Crippen molar-refractivity contribution in [2.75, 3.05) is 0 Å². The highest BCUT2D eigenvalue weighted by Crippen LogP contribution is 2.08. The average Bonchev–Trinajstić information content (AvgIpc) is 3.21. The number of nitrogens with one attached hydrogen (secondary N) is 1. The van der Waals surface area contributed by atoms with E-state index < -0.39 is 10.9 Å². The van der Waals surface area contributed by atoms with E-state index in [1.54, 1.807) is 28.7 Å². The molecule has 0 saturated carbocycles. The van der Waals surface area contributed by atoms with Crippen molar-refractivity contribution < 1.29 is 10.4 Å². The van der Waals surface area contributed by atoms with Crippen LogP contribution in [0.5, 0.6) is 0 Å². The number of aromatic nitrogens is 6. The SMILES string of the molecule is Cn1c(=O)c2c(ncn2CCCCn2ccnc2[NH+]([O-])O)n(C)c1=O. The first-order chi connectivity index (χ1) is 11.9. The van der Waals surface area contributed by atoms with Crippen LogP contribution in [0.2, 0.25) is 0 Å². The summed E-state index contributed by atoms with van der Waals surface area (Å²) in [4.78, 5) is 32.2. The van der Waals surface area contributed by atoms with E-state index in [-0.39, 0.29) is 11.5 Å². The van der Waals surface area contributed by atoms with Gasteiger partial charge >= 0.3 is 11.6 Å². The highest BCUT2D eigenvalue weighted by molar-refractivity contribution is 5.69. The minimum absolute atomic E-state index is 0.0111. The minimum atomic E-state index is -1.06. The molecule has 0 amide bonds. The van der Waals surface area contributed by atoms with Crippen LogP contribution in [-0.2, 0) is 27.2 Å². The van der Waals surface area contributed by atoms with Crippen LogP contribution in [0, 0.1) is 5.21 Å². The van der Waals surface area contributed by atoms with Gasteiger partial charge in [0.15, 0.2) is 11.2 Å². The van der Waals surface area contributed by atoms with Crippen molar-refractivity contribution in [3.05, 3.63) is 44.8 Å². The van der Waals surface area contributed by atoms with Gasteiger partial charge in [-0.15, -0.1) is 0 Å². The fraction of sp³-hybridized carbons (Fsp3) is 0.429. The summed E-state index contributed by atoms with van der Waals surface area (Å²) in [5.41, 5.74) is -0.0447. The number of quaternary nitrogens is 1. The van der Waals surface area contributed by atoms with Gasteiger partial charge in [-0.05, 0) is 12.8 Å². The molecule has 3 aromatic heterocycles. The third-order valence-corrected chi connectivity index (χ3v) is 4.17. The van der Waals surface area contributed by atoms with Crippen molar-refractivity contribution >= 4 is 17.1 Å². The van der Waals surface area contributed by atoms with E-state index in [0.717, 1.165) is 4.57 Å². The number of aryl methyl sites for hydroxylation is 3. The van der Waals surface area contributed by atoms with E-state index in [1.165, 1.54) is 17.8 Å². The van der Waals surface area contributed by atoms with Crippen molar-refractivity contribution in [1.29, 1.82) is 0 Å². The standard InChI is InChI=1S/C14H19N7O4/c1-17-11-10(12(22)18(2)14(17)23)20(9-16-11)7-4-3-6-19-8-5-15-13(19)21(24)25/h5,8-9,21,24H,3-4,6-7H2,1-2H3. The number of hydrogen-bond acceptors (Lipinski definition) is 6. The molecule has 0 saturated heterocycles. The maximum absolute atomic E-state index is 12.3. The fourth-order valence-electron chi connectivity index (χ4n) is 2.82. The van der Waals surface area contributed by atoms with Gasteiger partial charge in [-0.2, -0.15) is 10.2 Å². The molecule has 3 rings (SSSR count). The van der Waals surface area contributed by atoms with E-state index in [0.29, 0.717) is 37.1 Å². The van der Waals surface area contributed by atoms with Crippen LogP contribution in [0.4, 0.5) is 5.95 Å². The molecule has 11 nitrogen and oxygen atoms in total. The quantitative estimate of drug-likeness (QED) is 0.412. The Morgan fingerprint density at radius 3 is 2.48 bits per heavy atom. The zero-order valence-corrected chi connectivity index (χ0v) is 13.9. The highest BCUT2D eigenvalue weighted by Gasteiger charge is 2.14. The molecule has 0 radical (unpaired) electrons. The molecule has 3 heterocycles. The van der Waals surface area contributed by atoms with Crippen molar-refractivity contribution in [3.8, 4) is 0 Å². The first-order valence-corrected chi connectivity index (χ1v) is 7.77. The molecule has 0 aromatic carbocycles. The molecular weight excluding hydrogens is 330 g/mol. The molecule has 0 spiro atoms. The second-order valence-electron chi connectivity index (χ2n) is 5.77. The van der Waals surface area contributed by atoms with Gasteiger partial charge in [-0.25, -0.2) is 15.0 Å². The van der Waals surface area contributed by atoms with Crippen LogP contribution in [0.15, 0.2) is 28.3 Å². The number of rotatable bonds is 6. The molecule has 0 aliphatic carbocycles. The molecule has 2 N–H and O–H groups in total. The van der Waals surface area contributed by atoms with Crippen LogP contribution < -0.4 is 16.5 Å². The van der Waals surface area contributed by atoms with Gasteiger partial charge in [-0.1, -0.05) is 0 Å². The number of hydrogen-bond donors (Lipinski definition) is 2. The Hall–Kier alpha value is -2.76. The largest absolute Gasteiger partial charge is 0.592 e. The van der Waals surface area contributed by atoms with Gasteiger partial charge in [0, 0.05) is 33.4 Å². The average molecular weight is 349 g/mol. The third-order valence-electron chi connectivity index (χ3n) is 4.17. The Balaban J connectivity index is 1.73. The molecule has 11 heteroatoms. The van der Waals surface area contributed by atoms with E-state index in [9.17, 15) is 14.8 Å². The molecule has 0 bridgehead atoms. The molecular formula is C14H19N7O4. The van der Waals surface area contributed by atoms with Crippen molar-refractivity contribution in [2.24, 2.45) is 14.1 Å². The summed E-state index contributed by atoms with van der Waals surface area (Å²) in [6.45, 7) is 1.06. The van der Waals surface area contributed by atoms with E-state index >= 15 is 0 Å². The number of fused-ring (bicyclic) bond motifs is 1. The Morgan fingerprint density at radius 2 is 1.80 bits per heavy atom. The van der Waals surface area contributed by atoms with Gasteiger partial charge < -0.3 is 9.77 Å². The topological polar surface area (TPSA) is 127 Å². The lowest BCUT2D eigenvalue weighted by atomic mass is 10.3. The van der Waals surface area contributed by atoms with Crippen LogP contribution in [-0.4, -0.2) is 33.4 Å². The van der Waals surface area contributed by atoms with Gasteiger partial charge in [0.1, 0.15) is 0 Å². The Kier molecular flexibility index (Phi) is 4.53. The van der Waals surface area contributed by atoms with Gasteiger partial charge in [0.05, 0.1) is 12.5 Å². The lowest BCUT2D eigenvalue weighted by molar-refractivity contribution is -0.995. The first kappa shape index (κ1) is 17.1. The summed E-state index contributed by atoms with van der Waals surface area (Å²) in [6.07, 6.45) is 6.06. The van der Waals surface area contributed by atoms with E-state index in [2.05, 4.69) is 9.97 Å². The predicted molar refractivity (Wildman–Crippen MR) is 87.5 cm³/mol. The summed E-state index contributed by atoms with van der Waals surface area (Å²) in [5, 5.41) is 19.0. The summed E-state index contributed by atoms with van der Waals surface area (Å²) in [6, 6.07) is 0. The monoisotopic (exact) mass is 349 g/mol. The molecule has 0 fully saturated rings. The third kappa shape index (κ3) is 2.99. The minimum Gasteiger partial charge on any atom is -0.592 e. The second kappa shape index (κ2) is 6.63. The summed E-state index contributed by atoms with van der Waals surface area (Å²) >= 11 is 0. The fourth-order valence-corrected chi connectivity index (χ4v) is 2.82. The molecule has 25 heavy (non-hydrogen) atoms. The number of unbranched alkanes of at least 4 members (excludes halogenated alkanes) is 1. The zero-order chi connectivity index (χ0) is 18.1. The zero-order valence-electron chi connectivity index (χ0n) is 13.9. The van der Waals surface area contributed by atoms with Crippen molar-refractivity contribution in [1.82, 2.24) is 28.2 Å². The predicted octanol–water partition coefficient (Wildman–Crippen LogP) is -1.49. The Bertz CT molecular complexity index is 1010. The van der Waals surface area contributed by atoms with Crippen LogP contribution >= 0.6 is 0 Å². The van der Waals surface area contributed by atoms with E-state index in [1.807, 2.05) is 0 Å². The molecule has 1 unspecified atom stereocenters. The van der Waals surface area contributed by atoms with Gasteiger partial charge in [0.25, 0.3) is 5.56 Å². The molecule has 0 aliphatic rings. The van der Waals surface area contributed by atoms with Crippen LogP contribution in [0.25, 0.3) is 11.2 Å². The number of nitrogens with zero attached hydrogens (tertiary/aromatic N) is 6. The van der Waals surface area contributed by atoms with Crippen molar-refractivity contribution in [3.63, 3.8) is 0 Å².